The monoisotopic (exact) mass is 340 g/mol. The third-order valence-electron chi connectivity index (χ3n) is 3.02. The number of carbonyl (C=O) groups is 1. The van der Waals surface area contributed by atoms with Gasteiger partial charge in [0.1, 0.15) is 11.5 Å². The van der Waals surface area contributed by atoms with E-state index in [1.165, 1.54) is 14.2 Å². The van der Waals surface area contributed by atoms with Gasteiger partial charge in [0.15, 0.2) is 0 Å². The molecule has 1 aromatic carbocycles. The Morgan fingerprint density at radius 1 is 1.32 bits per heavy atom. The van der Waals surface area contributed by atoms with Crippen molar-refractivity contribution in [1.82, 2.24) is 4.98 Å². The average Bonchev–Trinajstić information content (AvgIpc) is 2.92. The number of methoxy groups -OCH3 is 2. The molecule has 22 heavy (non-hydrogen) atoms. The molecule has 0 saturated heterocycles. The molecule has 0 spiro atoms. The molecule has 0 saturated carbocycles. The summed E-state index contributed by atoms with van der Waals surface area (Å²) < 4.78 is 10.4. The van der Waals surface area contributed by atoms with Crippen LogP contribution in [0.5, 0.6) is 11.5 Å². The van der Waals surface area contributed by atoms with Crippen LogP contribution in [0.1, 0.15) is 17.1 Å². The fourth-order valence-corrected chi connectivity index (χ4v) is 2.81. The van der Waals surface area contributed by atoms with Crippen LogP contribution in [-0.2, 0) is 11.2 Å². The van der Waals surface area contributed by atoms with Crippen LogP contribution >= 0.6 is 22.9 Å². The molecule has 0 aliphatic heterocycles. The Labute approximate surface area is 138 Å². The standard InChI is InChI=1S/C15H17ClN2O3S/c1-9-17-10(8-22-9)4-5-15(19)18-12-7-13(20-2)11(16)6-14(12)21-3/h6-8H,4-5H2,1-3H3,(H,18,19). The van der Waals surface area contributed by atoms with Crippen LogP contribution in [0.15, 0.2) is 17.5 Å². The van der Waals surface area contributed by atoms with Gasteiger partial charge in [-0.05, 0) is 13.3 Å². The molecule has 118 valence electrons. The maximum absolute atomic E-state index is 12.1. The van der Waals surface area contributed by atoms with E-state index in [2.05, 4.69) is 10.3 Å². The molecule has 0 aliphatic carbocycles. The van der Waals surface area contributed by atoms with E-state index in [4.69, 9.17) is 21.1 Å². The molecule has 1 aromatic heterocycles. The zero-order chi connectivity index (χ0) is 16.1. The Kier molecular flexibility index (Phi) is 5.63. The Balaban J connectivity index is 2.04. The first-order valence-corrected chi connectivity index (χ1v) is 7.91. The molecule has 0 unspecified atom stereocenters. The molecule has 0 fully saturated rings. The predicted molar refractivity (Wildman–Crippen MR) is 88.4 cm³/mol. The summed E-state index contributed by atoms with van der Waals surface area (Å²) in [4.78, 5) is 16.4. The van der Waals surface area contributed by atoms with Gasteiger partial charge in [-0.1, -0.05) is 11.6 Å². The normalized spacial score (nSPS) is 10.4. The lowest BCUT2D eigenvalue weighted by atomic mass is 10.2. The molecule has 7 heteroatoms. The fourth-order valence-electron chi connectivity index (χ4n) is 1.94. The molecule has 1 heterocycles. The molecule has 0 atom stereocenters. The second-order valence-corrected chi connectivity index (χ2v) is 6.06. The zero-order valence-electron chi connectivity index (χ0n) is 12.6. The minimum atomic E-state index is -0.117. The van der Waals surface area contributed by atoms with Crippen LogP contribution in [0.3, 0.4) is 0 Å². The van der Waals surface area contributed by atoms with Crippen LogP contribution in [0.2, 0.25) is 5.02 Å². The molecule has 2 rings (SSSR count). The zero-order valence-corrected chi connectivity index (χ0v) is 14.2. The van der Waals surface area contributed by atoms with Gasteiger partial charge in [0.2, 0.25) is 5.91 Å². The summed E-state index contributed by atoms with van der Waals surface area (Å²) in [7, 11) is 3.04. The number of nitrogens with zero attached hydrogens (tertiary/aromatic N) is 1. The quantitative estimate of drug-likeness (QED) is 0.871. The van der Waals surface area contributed by atoms with Gasteiger partial charge in [0.25, 0.3) is 0 Å². The number of carbonyl (C=O) groups excluding carboxylic acids is 1. The summed E-state index contributed by atoms with van der Waals surface area (Å²) in [5, 5.41) is 6.21. The number of benzene rings is 1. The molecular weight excluding hydrogens is 324 g/mol. The number of amides is 1. The van der Waals surface area contributed by atoms with Crippen LogP contribution in [0.25, 0.3) is 0 Å². The number of ether oxygens (including phenoxy) is 2. The van der Waals surface area contributed by atoms with Crippen LogP contribution in [-0.4, -0.2) is 25.1 Å². The van der Waals surface area contributed by atoms with E-state index >= 15 is 0 Å². The average molecular weight is 341 g/mol. The number of hydrogen-bond acceptors (Lipinski definition) is 5. The summed E-state index contributed by atoms with van der Waals surface area (Å²) >= 11 is 7.61. The van der Waals surface area contributed by atoms with Crippen molar-refractivity contribution in [2.75, 3.05) is 19.5 Å². The Morgan fingerprint density at radius 2 is 2.05 bits per heavy atom. The summed E-state index contributed by atoms with van der Waals surface area (Å²) in [6.07, 6.45) is 0.945. The van der Waals surface area contributed by atoms with Crippen molar-refractivity contribution in [1.29, 1.82) is 0 Å². The lowest BCUT2D eigenvalue weighted by Crippen LogP contribution is -2.13. The van der Waals surface area contributed by atoms with Crippen molar-refractivity contribution < 1.29 is 14.3 Å². The summed E-state index contributed by atoms with van der Waals surface area (Å²) in [5.41, 5.74) is 1.46. The molecule has 1 amide bonds. The molecule has 1 N–H and O–H groups in total. The molecule has 0 radical (unpaired) electrons. The van der Waals surface area contributed by atoms with E-state index in [1.54, 1.807) is 23.5 Å². The number of thiazole rings is 1. The van der Waals surface area contributed by atoms with Crippen LogP contribution in [0.4, 0.5) is 5.69 Å². The smallest absolute Gasteiger partial charge is 0.224 e. The Hall–Kier alpha value is -1.79. The number of nitrogens with one attached hydrogen (secondary N) is 1. The second kappa shape index (κ2) is 7.47. The van der Waals surface area contributed by atoms with Crippen molar-refractivity contribution >= 4 is 34.5 Å². The van der Waals surface area contributed by atoms with E-state index < -0.39 is 0 Å². The second-order valence-electron chi connectivity index (χ2n) is 4.59. The van der Waals surface area contributed by atoms with Crippen LogP contribution < -0.4 is 14.8 Å². The lowest BCUT2D eigenvalue weighted by Gasteiger charge is -2.13. The number of anilines is 1. The van der Waals surface area contributed by atoms with Gasteiger partial charge in [0.05, 0.1) is 35.6 Å². The summed E-state index contributed by atoms with van der Waals surface area (Å²) in [6.45, 7) is 1.94. The van der Waals surface area contributed by atoms with Gasteiger partial charge in [-0.25, -0.2) is 4.98 Å². The molecule has 0 aliphatic rings. The molecular formula is C15H17ClN2O3S. The SMILES string of the molecule is COc1cc(NC(=O)CCc2csc(C)n2)c(OC)cc1Cl. The highest BCUT2D eigenvalue weighted by atomic mass is 35.5. The highest BCUT2D eigenvalue weighted by Crippen LogP contribution is 2.35. The van der Waals surface area contributed by atoms with E-state index in [9.17, 15) is 4.79 Å². The Bertz CT molecular complexity index is 673. The van der Waals surface area contributed by atoms with Crippen molar-refractivity contribution in [2.45, 2.75) is 19.8 Å². The maximum Gasteiger partial charge on any atom is 0.224 e. The Morgan fingerprint density at radius 3 is 2.64 bits per heavy atom. The number of hydrogen-bond donors (Lipinski definition) is 1. The first-order valence-electron chi connectivity index (χ1n) is 6.66. The van der Waals surface area contributed by atoms with E-state index in [0.717, 1.165) is 10.7 Å². The molecule has 2 aromatic rings. The summed E-state index contributed by atoms with van der Waals surface area (Å²) in [6, 6.07) is 3.26. The predicted octanol–water partition coefficient (Wildman–Crippen LogP) is 3.69. The first-order chi connectivity index (χ1) is 10.5. The highest BCUT2D eigenvalue weighted by Gasteiger charge is 2.13. The number of halogens is 1. The first kappa shape index (κ1) is 16.6. The minimum Gasteiger partial charge on any atom is -0.495 e. The third kappa shape index (κ3) is 4.11. The van der Waals surface area contributed by atoms with Crippen molar-refractivity contribution in [3.8, 4) is 11.5 Å². The molecule has 5 nitrogen and oxygen atoms in total. The van der Waals surface area contributed by atoms with Crippen molar-refractivity contribution in [3.05, 3.63) is 33.2 Å². The fraction of sp³-hybridized carbons (Fsp3) is 0.333. The number of aromatic nitrogens is 1. The highest BCUT2D eigenvalue weighted by molar-refractivity contribution is 7.09. The molecule has 0 bridgehead atoms. The van der Waals surface area contributed by atoms with Gasteiger partial charge in [0, 0.05) is 23.9 Å². The van der Waals surface area contributed by atoms with E-state index in [1.807, 2.05) is 12.3 Å². The van der Waals surface area contributed by atoms with Gasteiger partial charge < -0.3 is 14.8 Å². The maximum atomic E-state index is 12.1. The lowest BCUT2D eigenvalue weighted by molar-refractivity contribution is -0.116. The number of rotatable bonds is 6. The van der Waals surface area contributed by atoms with Gasteiger partial charge in [-0.15, -0.1) is 11.3 Å². The van der Waals surface area contributed by atoms with Crippen molar-refractivity contribution in [3.63, 3.8) is 0 Å². The van der Waals surface area contributed by atoms with Gasteiger partial charge >= 0.3 is 0 Å². The van der Waals surface area contributed by atoms with E-state index in [-0.39, 0.29) is 5.91 Å². The number of aryl methyl sites for hydroxylation is 2. The summed E-state index contributed by atoms with van der Waals surface area (Å²) in [5.74, 6) is 0.852. The van der Waals surface area contributed by atoms with Gasteiger partial charge in [-0.3, -0.25) is 4.79 Å². The van der Waals surface area contributed by atoms with Crippen molar-refractivity contribution in [2.24, 2.45) is 0 Å². The van der Waals surface area contributed by atoms with Crippen LogP contribution in [0, 0.1) is 6.92 Å². The topological polar surface area (TPSA) is 60.5 Å². The largest absolute Gasteiger partial charge is 0.495 e. The minimum absolute atomic E-state index is 0.117. The third-order valence-corrected chi connectivity index (χ3v) is 4.14. The van der Waals surface area contributed by atoms with Gasteiger partial charge in [-0.2, -0.15) is 0 Å². The van der Waals surface area contributed by atoms with E-state index in [0.29, 0.717) is 35.1 Å².